The second kappa shape index (κ2) is 9.33. The second-order valence-electron chi connectivity index (χ2n) is 5.88. The van der Waals surface area contributed by atoms with E-state index >= 15 is 0 Å². The van der Waals surface area contributed by atoms with Crippen molar-refractivity contribution in [3.63, 3.8) is 0 Å². The number of piperazine rings is 1. The zero-order valence-corrected chi connectivity index (χ0v) is 13.8. The minimum Gasteiger partial charge on any atom is -0.336 e. The van der Waals surface area contributed by atoms with Crippen LogP contribution in [-0.2, 0) is 11.3 Å². The molecule has 0 atom stereocenters. The number of amides is 1. The molecule has 1 aromatic carbocycles. The maximum atomic E-state index is 12.2. The van der Waals surface area contributed by atoms with Gasteiger partial charge in [-0.15, -0.1) is 0 Å². The molecule has 0 saturated carbocycles. The molecule has 1 fully saturated rings. The molecule has 1 aliphatic heterocycles. The molecule has 1 heterocycles. The molecular weight excluding hydrogens is 278 g/mol. The summed E-state index contributed by atoms with van der Waals surface area (Å²) in [5.41, 5.74) is 7.34. The van der Waals surface area contributed by atoms with E-state index in [1.54, 1.807) is 0 Å². The van der Waals surface area contributed by atoms with Gasteiger partial charge in [0.2, 0.25) is 0 Å². The number of nitrogens with zero attached hydrogens (tertiary/aromatic N) is 2. The molecule has 0 spiro atoms. The number of nitrogens with two attached hydrogens (primary N) is 1. The number of aldehydes is 1. The summed E-state index contributed by atoms with van der Waals surface area (Å²) < 4.78 is 0. The van der Waals surface area contributed by atoms with Crippen LogP contribution >= 0.6 is 0 Å². The molecule has 2 N–H and O–H groups in total. The summed E-state index contributed by atoms with van der Waals surface area (Å²) in [5, 5.41) is 0. The summed E-state index contributed by atoms with van der Waals surface area (Å²) in [6.45, 7) is 7.75. The summed E-state index contributed by atoms with van der Waals surface area (Å²) in [7, 11) is 2.08. The Morgan fingerprint density at radius 3 is 2.09 bits per heavy atom. The molecule has 1 saturated heterocycles. The lowest BCUT2D eigenvalue weighted by molar-refractivity contribution is -0.110. The summed E-state index contributed by atoms with van der Waals surface area (Å²) in [6, 6.07) is 7.57. The molecule has 0 aromatic heterocycles. The molecule has 5 nitrogen and oxygen atoms in total. The number of hydrogen-bond donors (Lipinski definition) is 1. The molecule has 0 radical (unpaired) electrons. The lowest BCUT2D eigenvalue weighted by Gasteiger charge is -2.32. The Kier molecular flexibility index (Phi) is 7.77. The molecule has 0 bridgehead atoms. The van der Waals surface area contributed by atoms with Crippen molar-refractivity contribution >= 4 is 12.2 Å². The highest BCUT2D eigenvalue weighted by Crippen LogP contribution is 2.09. The zero-order chi connectivity index (χ0) is 16.5. The van der Waals surface area contributed by atoms with Crippen LogP contribution in [0.5, 0.6) is 0 Å². The highest BCUT2D eigenvalue weighted by Gasteiger charge is 2.19. The predicted octanol–water partition coefficient (Wildman–Crippen LogP) is 1.37. The third kappa shape index (κ3) is 5.95. The average molecular weight is 305 g/mol. The Labute approximate surface area is 133 Å². The molecule has 1 aliphatic rings. The first-order valence-electron chi connectivity index (χ1n) is 7.70. The van der Waals surface area contributed by atoms with Crippen LogP contribution in [0.3, 0.4) is 0 Å². The minimum atomic E-state index is 0.127. The maximum Gasteiger partial charge on any atom is 0.253 e. The van der Waals surface area contributed by atoms with E-state index in [-0.39, 0.29) is 11.8 Å². The Balaban J connectivity index is 0.000000422. The first-order valence-corrected chi connectivity index (χ1v) is 7.70. The lowest BCUT2D eigenvalue weighted by atomic mass is 10.1. The monoisotopic (exact) mass is 305 g/mol. The molecule has 122 valence electrons. The number of benzene rings is 1. The van der Waals surface area contributed by atoms with Gasteiger partial charge in [0, 0.05) is 44.2 Å². The summed E-state index contributed by atoms with van der Waals surface area (Å²) in [4.78, 5) is 25.8. The quantitative estimate of drug-likeness (QED) is 0.857. The van der Waals surface area contributed by atoms with Gasteiger partial charge < -0.3 is 20.3 Å². The van der Waals surface area contributed by atoms with Crippen LogP contribution in [0.1, 0.15) is 29.8 Å². The van der Waals surface area contributed by atoms with Gasteiger partial charge in [-0.2, -0.15) is 0 Å². The average Bonchev–Trinajstić information content (AvgIpc) is 2.55. The van der Waals surface area contributed by atoms with Crippen LogP contribution in [0.25, 0.3) is 0 Å². The smallest absolute Gasteiger partial charge is 0.253 e. The molecule has 2 rings (SSSR count). The Hall–Kier alpha value is -1.72. The number of rotatable bonds is 3. The van der Waals surface area contributed by atoms with Crippen molar-refractivity contribution in [2.75, 3.05) is 33.2 Å². The van der Waals surface area contributed by atoms with E-state index < -0.39 is 0 Å². The fourth-order valence-electron chi connectivity index (χ4n) is 1.98. The van der Waals surface area contributed by atoms with Crippen LogP contribution in [-0.4, -0.2) is 55.2 Å². The fraction of sp³-hybridized carbons (Fsp3) is 0.529. The van der Waals surface area contributed by atoms with Gasteiger partial charge in [-0.3, -0.25) is 4.79 Å². The Morgan fingerprint density at radius 2 is 1.68 bits per heavy atom. The van der Waals surface area contributed by atoms with Crippen molar-refractivity contribution in [2.24, 2.45) is 11.7 Å². The highest BCUT2D eigenvalue weighted by molar-refractivity contribution is 5.94. The SMILES string of the molecule is CC(C)C=O.CN1CCN(C(=O)c2ccc(CN)cc2)CC1. The summed E-state index contributed by atoms with van der Waals surface area (Å²) in [6.07, 6.45) is 0.917. The van der Waals surface area contributed by atoms with Crippen LogP contribution in [0.2, 0.25) is 0 Å². The summed E-state index contributed by atoms with van der Waals surface area (Å²) in [5.74, 6) is 0.330. The van der Waals surface area contributed by atoms with Crippen LogP contribution in [0.15, 0.2) is 24.3 Å². The van der Waals surface area contributed by atoms with E-state index in [4.69, 9.17) is 5.73 Å². The summed E-state index contributed by atoms with van der Waals surface area (Å²) >= 11 is 0. The molecule has 22 heavy (non-hydrogen) atoms. The van der Waals surface area contributed by atoms with Gasteiger partial charge >= 0.3 is 0 Å². The van der Waals surface area contributed by atoms with Crippen LogP contribution in [0.4, 0.5) is 0 Å². The van der Waals surface area contributed by atoms with Crippen LogP contribution in [0, 0.1) is 5.92 Å². The van der Waals surface area contributed by atoms with Gasteiger partial charge in [-0.05, 0) is 24.7 Å². The first-order chi connectivity index (χ1) is 10.5. The molecule has 1 amide bonds. The molecule has 1 aromatic rings. The van der Waals surface area contributed by atoms with Crippen LogP contribution < -0.4 is 5.73 Å². The van der Waals surface area contributed by atoms with Crippen molar-refractivity contribution in [1.29, 1.82) is 0 Å². The number of hydrogen-bond acceptors (Lipinski definition) is 4. The first kappa shape index (κ1) is 18.3. The second-order valence-corrected chi connectivity index (χ2v) is 5.88. The van der Waals surface area contributed by atoms with Gasteiger partial charge in [0.25, 0.3) is 5.91 Å². The number of carbonyl (C=O) groups is 2. The third-order valence-electron chi connectivity index (χ3n) is 3.50. The van der Waals surface area contributed by atoms with Gasteiger partial charge in [0.15, 0.2) is 0 Å². The lowest BCUT2D eigenvalue weighted by Crippen LogP contribution is -2.47. The minimum absolute atomic E-state index is 0.127. The Bertz CT molecular complexity index is 463. The van der Waals surface area contributed by atoms with E-state index in [9.17, 15) is 9.59 Å². The number of likely N-dealkylation sites (N-methyl/N-ethyl adjacent to an activating group) is 1. The molecule has 0 aliphatic carbocycles. The van der Waals surface area contributed by atoms with E-state index in [1.807, 2.05) is 43.0 Å². The van der Waals surface area contributed by atoms with Crippen molar-refractivity contribution in [3.05, 3.63) is 35.4 Å². The van der Waals surface area contributed by atoms with E-state index in [0.717, 1.165) is 43.6 Å². The number of carbonyl (C=O) groups excluding carboxylic acids is 2. The highest BCUT2D eigenvalue weighted by atomic mass is 16.2. The van der Waals surface area contributed by atoms with Crippen molar-refractivity contribution in [3.8, 4) is 0 Å². The van der Waals surface area contributed by atoms with Crippen molar-refractivity contribution in [2.45, 2.75) is 20.4 Å². The zero-order valence-electron chi connectivity index (χ0n) is 13.8. The van der Waals surface area contributed by atoms with Gasteiger partial charge in [-0.1, -0.05) is 26.0 Å². The topological polar surface area (TPSA) is 66.6 Å². The largest absolute Gasteiger partial charge is 0.336 e. The maximum absolute atomic E-state index is 12.2. The van der Waals surface area contributed by atoms with E-state index in [2.05, 4.69) is 11.9 Å². The van der Waals surface area contributed by atoms with E-state index in [1.165, 1.54) is 0 Å². The third-order valence-corrected chi connectivity index (χ3v) is 3.50. The molecule has 0 unspecified atom stereocenters. The van der Waals surface area contributed by atoms with Crippen molar-refractivity contribution < 1.29 is 9.59 Å². The van der Waals surface area contributed by atoms with Gasteiger partial charge in [-0.25, -0.2) is 0 Å². The molecular formula is C17H27N3O2. The normalized spacial score (nSPS) is 15.2. The standard InChI is InChI=1S/C13H19N3O.C4H8O/c1-15-6-8-16(9-7-15)13(17)12-4-2-11(10-14)3-5-12;1-4(2)3-5/h2-5H,6-10,14H2,1H3;3-4H,1-2H3. The van der Waals surface area contributed by atoms with Gasteiger partial charge in [0.05, 0.1) is 0 Å². The Morgan fingerprint density at radius 1 is 1.18 bits per heavy atom. The predicted molar refractivity (Wildman–Crippen MR) is 88.6 cm³/mol. The van der Waals surface area contributed by atoms with E-state index in [0.29, 0.717) is 6.54 Å². The van der Waals surface area contributed by atoms with Crippen molar-refractivity contribution in [1.82, 2.24) is 9.80 Å². The molecule has 5 heteroatoms. The fourth-order valence-corrected chi connectivity index (χ4v) is 1.98. The van der Waals surface area contributed by atoms with Gasteiger partial charge in [0.1, 0.15) is 6.29 Å².